The molecule has 0 fully saturated rings. The molecule has 1 aromatic heterocycles. The third kappa shape index (κ3) is 4.71. The Balaban J connectivity index is 1.82. The van der Waals surface area contributed by atoms with Crippen LogP contribution in [0.3, 0.4) is 0 Å². The number of aromatic nitrogens is 1. The van der Waals surface area contributed by atoms with Crippen molar-refractivity contribution in [2.75, 3.05) is 11.9 Å². The summed E-state index contributed by atoms with van der Waals surface area (Å²) in [6.07, 6.45) is 2.34. The first-order valence-corrected chi connectivity index (χ1v) is 9.70. The van der Waals surface area contributed by atoms with Gasteiger partial charge in [0.15, 0.2) is 6.61 Å². The second-order valence-electron chi connectivity index (χ2n) is 6.70. The quantitative estimate of drug-likeness (QED) is 0.463. The van der Waals surface area contributed by atoms with Gasteiger partial charge in [-0.25, -0.2) is 4.79 Å². The molecule has 29 heavy (non-hydrogen) atoms. The Hall–Kier alpha value is -3.41. The lowest BCUT2D eigenvalue weighted by Crippen LogP contribution is -2.22. The van der Waals surface area contributed by atoms with Crippen LogP contribution in [0.1, 0.15) is 41.9 Å². The molecule has 0 radical (unpaired) electrons. The van der Waals surface area contributed by atoms with Crippen molar-refractivity contribution in [3.05, 3.63) is 65.4 Å². The molecule has 0 bridgehead atoms. The summed E-state index contributed by atoms with van der Waals surface area (Å²) in [6.45, 7) is 3.66. The van der Waals surface area contributed by atoms with E-state index in [0.29, 0.717) is 17.7 Å². The summed E-state index contributed by atoms with van der Waals surface area (Å²) in [5, 5.41) is 12.7. The molecule has 0 saturated carbocycles. The normalized spacial score (nSPS) is 10.7. The molecular weight excluding hydrogens is 368 g/mol. The largest absolute Gasteiger partial charge is 0.508 e. The number of carbonyl (C=O) groups is 2. The Kier molecular flexibility index (Phi) is 6.44. The van der Waals surface area contributed by atoms with Crippen LogP contribution < -0.4 is 5.32 Å². The Morgan fingerprint density at radius 1 is 1.07 bits per heavy atom. The van der Waals surface area contributed by atoms with E-state index < -0.39 is 18.5 Å². The fourth-order valence-electron chi connectivity index (χ4n) is 3.30. The number of aryl methyl sites for hydroxylation is 1. The molecule has 3 rings (SSSR count). The minimum absolute atomic E-state index is 0.106. The highest BCUT2D eigenvalue weighted by Gasteiger charge is 2.21. The number of anilines is 1. The fourth-order valence-corrected chi connectivity index (χ4v) is 3.30. The first kappa shape index (κ1) is 20.3. The number of esters is 1. The van der Waals surface area contributed by atoms with Gasteiger partial charge in [-0.15, -0.1) is 0 Å². The van der Waals surface area contributed by atoms with Crippen LogP contribution >= 0.6 is 0 Å². The highest BCUT2D eigenvalue weighted by Crippen LogP contribution is 2.26. The van der Waals surface area contributed by atoms with Gasteiger partial charge < -0.3 is 15.2 Å². The predicted octanol–water partition coefficient (Wildman–Crippen LogP) is 4.25. The van der Waals surface area contributed by atoms with Gasteiger partial charge in [0, 0.05) is 16.8 Å². The molecule has 1 heterocycles. The number of hydrogen-bond acceptors (Lipinski definition) is 5. The Bertz CT molecular complexity index is 1030. The minimum Gasteiger partial charge on any atom is -0.508 e. The summed E-state index contributed by atoms with van der Waals surface area (Å²) in [5.74, 6) is -0.873. The summed E-state index contributed by atoms with van der Waals surface area (Å²) in [5.41, 5.74) is 3.51. The second-order valence-corrected chi connectivity index (χ2v) is 6.70. The van der Waals surface area contributed by atoms with E-state index in [1.54, 1.807) is 12.1 Å². The van der Waals surface area contributed by atoms with Gasteiger partial charge in [-0.1, -0.05) is 38.5 Å². The number of para-hydroxylation sites is 1. The third-order valence-corrected chi connectivity index (χ3v) is 4.61. The zero-order valence-corrected chi connectivity index (χ0v) is 16.6. The van der Waals surface area contributed by atoms with E-state index in [2.05, 4.69) is 12.2 Å². The molecule has 0 aliphatic carbocycles. The molecule has 0 saturated heterocycles. The van der Waals surface area contributed by atoms with Crippen LogP contribution in [-0.2, 0) is 22.4 Å². The highest BCUT2D eigenvalue weighted by molar-refractivity contribution is 6.06. The van der Waals surface area contributed by atoms with E-state index in [1.807, 2.05) is 31.2 Å². The van der Waals surface area contributed by atoms with Gasteiger partial charge in [-0.2, -0.15) is 0 Å². The SMILES string of the molecule is CCCc1nc2ccccc2c(C(=O)OCC(=O)Nc2ccc(O)cc2)c1CC. The molecule has 6 heteroatoms. The number of nitrogens with zero attached hydrogens (tertiary/aromatic N) is 1. The molecular formula is C23H24N2O4. The number of nitrogens with one attached hydrogen (secondary N) is 1. The molecule has 150 valence electrons. The van der Waals surface area contributed by atoms with Gasteiger partial charge in [-0.05, 0) is 48.7 Å². The minimum atomic E-state index is -0.529. The maximum atomic E-state index is 12.9. The zero-order chi connectivity index (χ0) is 20.8. The van der Waals surface area contributed by atoms with Gasteiger partial charge in [0.1, 0.15) is 5.75 Å². The topological polar surface area (TPSA) is 88.5 Å². The summed E-state index contributed by atoms with van der Waals surface area (Å²) in [6, 6.07) is 13.5. The van der Waals surface area contributed by atoms with Gasteiger partial charge in [0.2, 0.25) is 0 Å². The van der Waals surface area contributed by atoms with Crippen molar-refractivity contribution in [1.29, 1.82) is 0 Å². The van der Waals surface area contributed by atoms with Crippen molar-refractivity contribution in [2.45, 2.75) is 33.1 Å². The van der Waals surface area contributed by atoms with E-state index in [0.717, 1.165) is 35.0 Å². The molecule has 0 spiro atoms. The second kappa shape index (κ2) is 9.19. The van der Waals surface area contributed by atoms with Crippen molar-refractivity contribution >= 4 is 28.5 Å². The number of phenols is 1. The lowest BCUT2D eigenvalue weighted by atomic mass is 9.96. The first-order valence-electron chi connectivity index (χ1n) is 9.70. The molecule has 2 aromatic carbocycles. The standard InChI is InChI=1S/C23H24N2O4/c1-3-7-19-17(4-2)22(18-8-5-6-9-20(18)25-19)23(28)29-14-21(27)24-15-10-12-16(26)13-11-15/h5-6,8-13,26H,3-4,7,14H2,1-2H3,(H,24,27). The maximum Gasteiger partial charge on any atom is 0.339 e. The molecule has 2 N–H and O–H groups in total. The van der Waals surface area contributed by atoms with Gasteiger partial charge >= 0.3 is 5.97 Å². The number of rotatable bonds is 7. The summed E-state index contributed by atoms with van der Waals surface area (Å²) in [4.78, 5) is 29.8. The van der Waals surface area contributed by atoms with Gasteiger partial charge in [0.25, 0.3) is 5.91 Å². The molecule has 6 nitrogen and oxygen atoms in total. The van der Waals surface area contributed by atoms with Crippen molar-refractivity contribution in [3.63, 3.8) is 0 Å². The molecule has 0 atom stereocenters. The maximum absolute atomic E-state index is 12.9. The lowest BCUT2D eigenvalue weighted by Gasteiger charge is -2.15. The lowest BCUT2D eigenvalue weighted by molar-refractivity contribution is -0.119. The number of aromatic hydroxyl groups is 1. The van der Waals surface area contributed by atoms with Crippen molar-refractivity contribution in [2.24, 2.45) is 0 Å². The van der Waals surface area contributed by atoms with Crippen LogP contribution in [0.4, 0.5) is 5.69 Å². The Labute approximate surface area is 169 Å². The number of phenolic OH excluding ortho intramolecular Hbond substituents is 1. The smallest absolute Gasteiger partial charge is 0.339 e. The summed E-state index contributed by atoms with van der Waals surface area (Å²) < 4.78 is 5.34. The van der Waals surface area contributed by atoms with Crippen LogP contribution in [0.2, 0.25) is 0 Å². The monoisotopic (exact) mass is 392 g/mol. The number of carbonyl (C=O) groups excluding carboxylic acids is 2. The van der Waals surface area contributed by atoms with Crippen LogP contribution in [0, 0.1) is 0 Å². The number of benzene rings is 2. The van der Waals surface area contributed by atoms with E-state index in [9.17, 15) is 14.7 Å². The molecule has 0 unspecified atom stereocenters. The van der Waals surface area contributed by atoms with E-state index >= 15 is 0 Å². The molecule has 0 aliphatic heterocycles. The van der Waals surface area contributed by atoms with E-state index in [-0.39, 0.29) is 5.75 Å². The number of hydrogen-bond donors (Lipinski definition) is 2. The summed E-state index contributed by atoms with van der Waals surface area (Å²) in [7, 11) is 0. The molecule has 3 aromatic rings. The van der Waals surface area contributed by atoms with E-state index in [1.165, 1.54) is 12.1 Å². The first-order chi connectivity index (χ1) is 14.0. The number of amides is 1. The van der Waals surface area contributed by atoms with Crippen molar-refractivity contribution in [1.82, 2.24) is 4.98 Å². The van der Waals surface area contributed by atoms with Gasteiger partial charge in [0.05, 0.1) is 11.1 Å². The predicted molar refractivity (Wildman–Crippen MR) is 112 cm³/mol. The number of fused-ring (bicyclic) bond motifs is 1. The average molecular weight is 392 g/mol. The van der Waals surface area contributed by atoms with Crippen molar-refractivity contribution in [3.8, 4) is 5.75 Å². The molecule has 0 aliphatic rings. The van der Waals surface area contributed by atoms with Crippen LogP contribution in [0.15, 0.2) is 48.5 Å². The number of pyridine rings is 1. The fraction of sp³-hybridized carbons (Fsp3) is 0.261. The zero-order valence-electron chi connectivity index (χ0n) is 16.6. The Morgan fingerprint density at radius 3 is 2.48 bits per heavy atom. The van der Waals surface area contributed by atoms with Crippen LogP contribution in [0.5, 0.6) is 5.75 Å². The molecule has 1 amide bonds. The van der Waals surface area contributed by atoms with Crippen LogP contribution in [-0.4, -0.2) is 28.6 Å². The highest BCUT2D eigenvalue weighted by atomic mass is 16.5. The average Bonchev–Trinajstić information content (AvgIpc) is 2.73. The van der Waals surface area contributed by atoms with Gasteiger partial charge in [-0.3, -0.25) is 9.78 Å². The van der Waals surface area contributed by atoms with Crippen LogP contribution in [0.25, 0.3) is 10.9 Å². The van der Waals surface area contributed by atoms with E-state index in [4.69, 9.17) is 9.72 Å². The third-order valence-electron chi connectivity index (χ3n) is 4.61. The number of ether oxygens (including phenoxy) is 1. The Morgan fingerprint density at radius 2 is 1.79 bits per heavy atom. The summed E-state index contributed by atoms with van der Waals surface area (Å²) >= 11 is 0. The van der Waals surface area contributed by atoms with Crippen molar-refractivity contribution < 1.29 is 19.4 Å².